The van der Waals surface area contributed by atoms with Crippen molar-refractivity contribution in [2.45, 2.75) is 12.4 Å². The number of carbonyl (C=O) groups is 2. The first-order chi connectivity index (χ1) is 23.2. The molecule has 22 heteroatoms. The van der Waals surface area contributed by atoms with E-state index < -0.39 is 35.5 Å². The third-order valence-electron chi connectivity index (χ3n) is 5.57. The Labute approximate surface area is 314 Å². The summed E-state index contributed by atoms with van der Waals surface area (Å²) in [5.74, 6) is -0.538. The second-order valence-electron chi connectivity index (χ2n) is 9.10. The first kappa shape index (κ1) is 42.6. The standard InChI is InChI=1S/C14H8BrCl2F3N2O2.C14H9Cl2F3N2O2.BHNS/c15-8-4-7(16)5-11(12(8)23)22-13(24)21-10-3-6(14(18,19)20)1-2-9(10)17;15-8-2-4-12(22)11(6-8)21-13(23)20-10-5-7(14(17,18)19)1-3-9(10)16;1-2-3/h1-5,23H,(H2,21,22,24);1-6,22H,(H2,20,21,23);3H. The monoisotopic (exact) mass is 864 g/mol. The van der Waals surface area contributed by atoms with Crippen LogP contribution < -0.4 is 21.3 Å². The summed E-state index contributed by atoms with van der Waals surface area (Å²) in [7, 11) is 4.34. The molecular weight excluding hydrogens is 849 g/mol. The molecule has 6 N–H and O–H groups in total. The molecule has 50 heavy (non-hydrogen) atoms. The van der Waals surface area contributed by atoms with Gasteiger partial charge in [0.15, 0.2) is 5.75 Å². The molecule has 0 fully saturated rings. The van der Waals surface area contributed by atoms with Crippen LogP contribution in [0.25, 0.3) is 0 Å². The maximum absolute atomic E-state index is 12.7. The molecule has 4 aromatic carbocycles. The number of nitrogens with zero attached hydrogens (tertiary/aromatic N) is 1. The van der Waals surface area contributed by atoms with Crippen LogP contribution in [-0.4, -0.2) is 29.9 Å². The van der Waals surface area contributed by atoms with Gasteiger partial charge in [0.2, 0.25) is 0 Å². The number of phenolic OH excluding ortho intramolecular Hbond substituents is 2. The first-order valence-electron chi connectivity index (χ1n) is 12.8. The second kappa shape index (κ2) is 18.6. The normalized spacial score (nSPS) is 10.8. The van der Waals surface area contributed by atoms with E-state index in [1.807, 2.05) is 0 Å². The molecule has 9 nitrogen and oxygen atoms in total. The number of anilines is 4. The Morgan fingerprint density at radius 2 is 1.06 bits per heavy atom. The topological polar surface area (TPSA) is 135 Å². The summed E-state index contributed by atoms with van der Waals surface area (Å²) in [6.45, 7) is 0. The van der Waals surface area contributed by atoms with E-state index in [-0.39, 0.29) is 58.8 Å². The zero-order valence-electron chi connectivity index (χ0n) is 24.2. The molecule has 4 amide bonds. The van der Waals surface area contributed by atoms with Gasteiger partial charge in [-0.2, -0.15) is 26.3 Å². The van der Waals surface area contributed by atoms with Gasteiger partial charge in [0, 0.05) is 10.0 Å². The second-order valence-corrected chi connectivity index (χ2v) is 11.9. The van der Waals surface area contributed by atoms with Crippen molar-refractivity contribution in [1.29, 1.82) is 0 Å². The van der Waals surface area contributed by atoms with Crippen LogP contribution in [0.3, 0.4) is 0 Å². The molecule has 4 rings (SSSR count). The zero-order chi connectivity index (χ0) is 38.0. The fourth-order valence-corrected chi connectivity index (χ4v) is 4.73. The molecule has 0 aliphatic rings. The number of amides is 4. The van der Waals surface area contributed by atoms with Crippen LogP contribution in [0.15, 0.2) is 75.5 Å². The van der Waals surface area contributed by atoms with E-state index in [1.165, 1.54) is 30.3 Å². The van der Waals surface area contributed by atoms with Gasteiger partial charge in [-0.3, -0.25) is 0 Å². The number of hydrogen-bond acceptors (Lipinski definition) is 6. The van der Waals surface area contributed by atoms with E-state index in [2.05, 4.69) is 62.0 Å². The number of rotatable bonds is 4. The molecule has 0 spiro atoms. The van der Waals surface area contributed by atoms with Crippen molar-refractivity contribution in [2.75, 3.05) is 21.3 Å². The number of phenols is 2. The molecule has 0 saturated carbocycles. The number of carbonyl (C=O) groups excluding carboxylic acids is 2. The Morgan fingerprint density at radius 3 is 1.50 bits per heavy atom. The van der Waals surface area contributed by atoms with Crippen molar-refractivity contribution >= 4 is 118 Å². The molecule has 265 valence electrons. The molecule has 0 heterocycles. The number of hydrogen-bond donors (Lipinski definition) is 7. The van der Waals surface area contributed by atoms with E-state index in [0.717, 1.165) is 24.3 Å². The minimum atomic E-state index is -4.58. The number of nitrogens with one attached hydrogen (secondary N) is 4. The van der Waals surface area contributed by atoms with E-state index in [1.54, 1.807) is 0 Å². The summed E-state index contributed by atoms with van der Waals surface area (Å²) >= 11 is 29.3. The Hall–Kier alpha value is -3.55. The average molecular weight is 867 g/mol. The van der Waals surface area contributed by atoms with E-state index in [9.17, 15) is 46.1 Å². The van der Waals surface area contributed by atoms with Crippen LogP contribution in [0, 0.1) is 0 Å². The van der Waals surface area contributed by atoms with Crippen LogP contribution in [0.1, 0.15) is 11.1 Å². The zero-order valence-corrected chi connectivity index (χ0v) is 29.7. The van der Waals surface area contributed by atoms with Crippen molar-refractivity contribution in [3.05, 3.63) is 102 Å². The average Bonchev–Trinajstić information content (AvgIpc) is 2.99. The Morgan fingerprint density at radius 1 is 0.660 bits per heavy atom. The number of alkyl halides is 6. The van der Waals surface area contributed by atoms with Gasteiger partial charge in [0.1, 0.15) is 5.75 Å². The van der Waals surface area contributed by atoms with Gasteiger partial charge < -0.3 is 31.5 Å². The third kappa shape index (κ3) is 13.3. The van der Waals surface area contributed by atoms with Gasteiger partial charge >= 0.3 is 49.2 Å². The van der Waals surface area contributed by atoms with E-state index in [4.69, 9.17) is 46.4 Å². The van der Waals surface area contributed by atoms with Crippen molar-refractivity contribution in [2.24, 2.45) is 4.30 Å². The molecule has 4 aromatic rings. The predicted octanol–water partition coefficient (Wildman–Crippen LogP) is 11.7. The van der Waals surface area contributed by atoms with Crippen LogP contribution in [0.4, 0.5) is 58.7 Å². The van der Waals surface area contributed by atoms with Gasteiger partial charge in [0.25, 0.3) is 0 Å². The molecule has 0 aliphatic carbocycles. The Bertz CT molecular complexity index is 1880. The van der Waals surface area contributed by atoms with Crippen molar-refractivity contribution in [3.8, 4) is 11.5 Å². The summed E-state index contributed by atoms with van der Waals surface area (Å²) in [6, 6.07) is 9.89. The number of benzene rings is 4. The first-order valence-corrected chi connectivity index (χ1v) is 15.5. The number of urea groups is 2. The quantitative estimate of drug-likeness (QED) is 0.0476. The van der Waals surface area contributed by atoms with Gasteiger partial charge in [0.05, 0.1) is 48.4 Å². The molecule has 0 bridgehead atoms. The predicted molar refractivity (Wildman–Crippen MR) is 189 cm³/mol. The van der Waals surface area contributed by atoms with Gasteiger partial charge in [-0.15, -0.1) is 0 Å². The summed E-state index contributed by atoms with van der Waals surface area (Å²) in [5.41, 5.74) is -2.41. The summed E-state index contributed by atoms with van der Waals surface area (Å²) in [4.78, 5) is 23.8. The number of halogens is 11. The number of thiol groups is 1. The van der Waals surface area contributed by atoms with Crippen molar-refractivity contribution in [1.82, 2.24) is 0 Å². The number of aromatic hydroxyl groups is 2. The summed E-state index contributed by atoms with van der Waals surface area (Å²) in [6.07, 6.45) is -9.14. The summed E-state index contributed by atoms with van der Waals surface area (Å²) < 4.78 is 79.0. The van der Waals surface area contributed by atoms with Gasteiger partial charge in [-0.1, -0.05) is 46.4 Å². The molecule has 0 saturated heterocycles. The summed E-state index contributed by atoms with van der Waals surface area (Å²) in [5, 5.41) is 28.6. The van der Waals surface area contributed by atoms with Crippen molar-refractivity contribution in [3.63, 3.8) is 0 Å². The van der Waals surface area contributed by atoms with E-state index in [0.29, 0.717) is 12.1 Å². The SMILES string of the molecule is O=C(Nc1cc(C(F)(F)F)ccc1Cl)Nc1cc(Cl)cc(Br)c1O.O=C(Nc1cc(Cl)ccc1O)Nc1cc(C(F)(F)F)ccc1Cl.[B]=NS. The molecule has 0 atom stereocenters. The molecular formula is C28H18BBrCl4F6N5O4S. The van der Waals surface area contributed by atoms with Crippen molar-refractivity contribution < 1.29 is 46.1 Å². The fraction of sp³-hybridized carbons (Fsp3) is 0.0714. The Balaban J connectivity index is 0.000000322. The molecule has 0 aliphatic heterocycles. The van der Waals surface area contributed by atoms with E-state index >= 15 is 0 Å². The molecule has 0 unspecified atom stereocenters. The maximum atomic E-state index is 12.7. The molecule has 0 aromatic heterocycles. The third-order valence-corrected chi connectivity index (χ3v) is 7.28. The Kier molecular flexibility index (Phi) is 15.9. The van der Waals surface area contributed by atoms with Gasteiger partial charge in [-0.25, -0.2) is 9.59 Å². The molecule has 1 radical (unpaired) electrons. The minimum absolute atomic E-state index is 0.00176. The van der Waals surface area contributed by atoms with Crippen LogP contribution in [0.5, 0.6) is 11.5 Å². The van der Waals surface area contributed by atoms with Crippen LogP contribution >= 0.6 is 75.1 Å². The van der Waals surface area contributed by atoms with Crippen LogP contribution in [0.2, 0.25) is 20.1 Å². The van der Waals surface area contributed by atoms with Gasteiger partial charge in [-0.05, 0) is 82.7 Å². The van der Waals surface area contributed by atoms with Crippen LogP contribution in [-0.2, 0) is 12.4 Å². The fourth-order valence-electron chi connectivity index (χ4n) is 3.42.